The lowest BCUT2D eigenvalue weighted by molar-refractivity contribution is 0.597. The zero-order valence-electron chi connectivity index (χ0n) is 17.5. The molecule has 0 aliphatic carbocycles. The molecule has 5 nitrogen and oxygen atoms in total. The van der Waals surface area contributed by atoms with Gasteiger partial charge in [0.15, 0.2) is 9.84 Å². The molecule has 1 N–H and O–H groups in total. The number of sulfonamides is 1. The molecule has 0 atom stereocenters. The van der Waals surface area contributed by atoms with Crippen molar-refractivity contribution in [2.45, 2.75) is 34.5 Å². The third-order valence-corrected chi connectivity index (χ3v) is 9.39. The van der Waals surface area contributed by atoms with Crippen molar-refractivity contribution in [3.8, 4) is 0 Å². The van der Waals surface area contributed by atoms with Gasteiger partial charge in [-0.05, 0) is 60.5 Å². The lowest BCUT2D eigenvalue weighted by atomic mass is 10.1. The van der Waals surface area contributed by atoms with Crippen LogP contribution in [0.5, 0.6) is 0 Å². The van der Waals surface area contributed by atoms with Crippen molar-refractivity contribution in [2.24, 2.45) is 0 Å². The van der Waals surface area contributed by atoms with Gasteiger partial charge in [-0.2, -0.15) is 0 Å². The zero-order chi connectivity index (χ0) is 23.2. The number of benzene rings is 3. The third-order valence-electron chi connectivity index (χ3n) is 4.69. The van der Waals surface area contributed by atoms with Crippen LogP contribution in [-0.2, 0) is 26.3 Å². The Hall–Kier alpha value is -2.00. The number of hydrogen-bond acceptors (Lipinski definition) is 5. The predicted octanol–water partition coefficient (Wildman–Crippen LogP) is 5.66. The maximum absolute atomic E-state index is 12.8. The van der Waals surface area contributed by atoms with E-state index in [-0.39, 0.29) is 21.3 Å². The van der Waals surface area contributed by atoms with Crippen LogP contribution in [0.4, 0.5) is 5.69 Å². The number of aryl methyl sites for hydroxylation is 1. The summed E-state index contributed by atoms with van der Waals surface area (Å²) in [6.45, 7) is 2.07. The Bertz CT molecular complexity index is 1260. The number of halogens is 1. The van der Waals surface area contributed by atoms with Crippen LogP contribution in [0, 0.1) is 0 Å². The Balaban J connectivity index is 1.69. The maximum Gasteiger partial charge on any atom is 0.261 e. The Morgan fingerprint density at radius 3 is 2.12 bits per heavy atom. The lowest BCUT2D eigenvalue weighted by Gasteiger charge is -2.13. The molecule has 0 radical (unpaired) electrons. The van der Waals surface area contributed by atoms with E-state index in [0.29, 0.717) is 15.6 Å². The van der Waals surface area contributed by atoms with Gasteiger partial charge < -0.3 is 0 Å². The highest BCUT2D eigenvalue weighted by atomic mass is 35.5. The van der Waals surface area contributed by atoms with Gasteiger partial charge in [-0.3, -0.25) is 4.72 Å². The van der Waals surface area contributed by atoms with Crippen molar-refractivity contribution in [1.82, 2.24) is 0 Å². The summed E-state index contributed by atoms with van der Waals surface area (Å²) in [6, 6.07) is 19.8. The molecule has 0 amide bonds. The standard InChI is InChI=1S/C23H24ClNO4S3/c1-2-5-18-8-12-21(13-9-18)32(28,29)25-22-6-3-4-7-23(22)30-16-17-31(26,27)20-14-10-19(24)11-15-20/h3-4,6-15,25H,2,5,16-17H2,1H3. The fourth-order valence-electron chi connectivity index (χ4n) is 3.03. The third kappa shape index (κ3) is 6.51. The SMILES string of the molecule is CCCc1ccc(S(=O)(=O)Nc2ccccc2SCCS(=O)(=O)c2ccc(Cl)cc2)cc1. The van der Waals surface area contributed by atoms with E-state index in [2.05, 4.69) is 11.6 Å². The second-order valence-corrected chi connectivity index (χ2v) is 12.5. The van der Waals surface area contributed by atoms with Crippen molar-refractivity contribution < 1.29 is 16.8 Å². The molecular formula is C23H24ClNO4S3. The van der Waals surface area contributed by atoms with Crippen LogP contribution in [0.3, 0.4) is 0 Å². The van der Waals surface area contributed by atoms with Crippen LogP contribution in [-0.4, -0.2) is 28.3 Å². The van der Waals surface area contributed by atoms with E-state index in [0.717, 1.165) is 18.4 Å². The zero-order valence-corrected chi connectivity index (χ0v) is 20.7. The summed E-state index contributed by atoms with van der Waals surface area (Å²) in [4.78, 5) is 1.05. The topological polar surface area (TPSA) is 80.3 Å². The monoisotopic (exact) mass is 509 g/mol. The minimum Gasteiger partial charge on any atom is -0.278 e. The Kier molecular flexibility index (Phi) is 8.27. The fourth-order valence-corrected chi connectivity index (χ4v) is 6.96. The van der Waals surface area contributed by atoms with Crippen LogP contribution in [0.15, 0.2) is 87.5 Å². The molecule has 0 spiro atoms. The molecule has 32 heavy (non-hydrogen) atoms. The first-order chi connectivity index (χ1) is 15.2. The molecule has 0 aliphatic heterocycles. The Labute approximate surface area is 199 Å². The van der Waals surface area contributed by atoms with E-state index in [9.17, 15) is 16.8 Å². The molecule has 0 unspecified atom stereocenters. The van der Waals surface area contributed by atoms with Gasteiger partial charge in [0.2, 0.25) is 0 Å². The summed E-state index contributed by atoms with van der Waals surface area (Å²) in [5.41, 5.74) is 1.50. The number of thioether (sulfide) groups is 1. The summed E-state index contributed by atoms with van der Waals surface area (Å²) in [5, 5.41) is 0.472. The predicted molar refractivity (Wildman–Crippen MR) is 132 cm³/mol. The van der Waals surface area contributed by atoms with E-state index in [1.54, 1.807) is 48.5 Å². The van der Waals surface area contributed by atoms with E-state index < -0.39 is 19.9 Å². The average Bonchev–Trinajstić information content (AvgIpc) is 2.76. The minimum atomic E-state index is -3.76. The summed E-state index contributed by atoms with van der Waals surface area (Å²) in [6.07, 6.45) is 1.88. The average molecular weight is 510 g/mol. The van der Waals surface area contributed by atoms with Crippen molar-refractivity contribution in [3.05, 3.63) is 83.4 Å². The molecule has 9 heteroatoms. The molecular weight excluding hydrogens is 486 g/mol. The van der Waals surface area contributed by atoms with E-state index in [1.165, 1.54) is 23.9 Å². The smallest absolute Gasteiger partial charge is 0.261 e. The Morgan fingerprint density at radius 1 is 0.844 bits per heavy atom. The highest BCUT2D eigenvalue weighted by Gasteiger charge is 2.18. The molecule has 0 saturated heterocycles. The summed E-state index contributed by atoms with van der Waals surface area (Å²) in [5.74, 6) is 0.189. The molecule has 0 aromatic heterocycles. The van der Waals surface area contributed by atoms with E-state index in [4.69, 9.17) is 11.6 Å². The van der Waals surface area contributed by atoms with Crippen molar-refractivity contribution in [1.29, 1.82) is 0 Å². The van der Waals surface area contributed by atoms with Gasteiger partial charge in [-0.1, -0.05) is 49.2 Å². The van der Waals surface area contributed by atoms with Crippen molar-refractivity contribution in [2.75, 3.05) is 16.2 Å². The van der Waals surface area contributed by atoms with Crippen molar-refractivity contribution in [3.63, 3.8) is 0 Å². The summed E-state index contributed by atoms with van der Waals surface area (Å²) < 4.78 is 53.4. The number of rotatable bonds is 10. The normalized spacial score (nSPS) is 11.9. The van der Waals surface area contributed by atoms with Crippen LogP contribution < -0.4 is 4.72 Å². The lowest BCUT2D eigenvalue weighted by Crippen LogP contribution is -2.14. The molecule has 0 bridgehead atoms. The first-order valence-corrected chi connectivity index (χ1v) is 14.5. The highest BCUT2D eigenvalue weighted by Crippen LogP contribution is 2.30. The molecule has 170 valence electrons. The molecule has 3 aromatic rings. The van der Waals surface area contributed by atoms with Gasteiger partial charge in [0.05, 0.1) is 21.2 Å². The molecule has 3 aromatic carbocycles. The minimum absolute atomic E-state index is 0.0841. The van der Waals surface area contributed by atoms with Crippen LogP contribution in [0.1, 0.15) is 18.9 Å². The van der Waals surface area contributed by atoms with Gasteiger partial charge >= 0.3 is 0 Å². The number of anilines is 1. The highest BCUT2D eigenvalue weighted by molar-refractivity contribution is 8.01. The molecule has 3 rings (SSSR count). The molecule has 0 saturated carbocycles. The number of nitrogens with one attached hydrogen (secondary N) is 1. The van der Waals surface area contributed by atoms with E-state index >= 15 is 0 Å². The van der Waals surface area contributed by atoms with Gasteiger partial charge in [0.1, 0.15) is 0 Å². The van der Waals surface area contributed by atoms with Gasteiger partial charge in [0.25, 0.3) is 10.0 Å². The second kappa shape index (κ2) is 10.7. The van der Waals surface area contributed by atoms with Crippen LogP contribution >= 0.6 is 23.4 Å². The first-order valence-electron chi connectivity index (χ1n) is 10.0. The quantitative estimate of drug-likeness (QED) is 0.357. The summed E-state index contributed by atoms with van der Waals surface area (Å²) in [7, 11) is -7.23. The van der Waals surface area contributed by atoms with Gasteiger partial charge in [-0.25, -0.2) is 16.8 Å². The van der Waals surface area contributed by atoms with E-state index in [1.807, 2.05) is 12.1 Å². The second-order valence-electron chi connectivity index (χ2n) is 7.12. The Morgan fingerprint density at radius 2 is 1.47 bits per heavy atom. The fraction of sp³-hybridized carbons (Fsp3) is 0.217. The number of sulfone groups is 1. The first kappa shape index (κ1) is 24.6. The van der Waals surface area contributed by atoms with Crippen LogP contribution in [0.2, 0.25) is 5.02 Å². The van der Waals surface area contributed by atoms with Crippen molar-refractivity contribution >= 4 is 48.9 Å². The summed E-state index contributed by atoms with van der Waals surface area (Å²) >= 11 is 7.11. The largest absolute Gasteiger partial charge is 0.278 e. The molecule has 0 fully saturated rings. The van der Waals surface area contributed by atoms with Crippen LogP contribution in [0.25, 0.3) is 0 Å². The molecule has 0 heterocycles. The van der Waals surface area contributed by atoms with Gasteiger partial charge in [0, 0.05) is 15.7 Å². The number of para-hydroxylation sites is 1. The molecule has 0 aliphatic rings. The maximum atomic E-state index is 12.8. The number of hydrogen-bond donors (Lipinski definition) is 1. The van der Waals surface area contributed by atoms with Gasteiger partial charge in [-0.15, -0.1) is 11.8 Å².